The lowest BCUT2D eigenvalue weighted by atomic mass is 10.2. The van der Waals surface area contributed by atoms with Gasteiger partial charge in [0.1, 0.15) is 11.9 Å². The van der Waals surface area contributed by atoms with E-state index >= 15 is 0 Å². The zero-order valence-corrected chi connectivity index (χ0v) is 12.1. The summed E-state index contributed by atoms with van der Waals surface area (Å²) < 4.78 is 4.52. The third-order valence-corrected chi connectivity index (χ3v) is 2.50. The van der Waals surface area contributed by atoms with Crippen LogP contribution in [0.25, 0.3) is 0 Å². The van der Waals surface area contributed by atoms with Gasteiger partial charge in [-0.25, -0.2) is 4.79 Å². The van der Waals surface area contributed by atoms with Crippen LogP contribution in [0.5, 0.6) is 0 Å². The van der Waals surface area contributed by atoms with Crippen LogP contribution in [-0.2, 0) is 9.53 Å². The molecule has 1 unspecified atom stereocenters. The highest BCUT2D eigenvalue weighted by atomic mass is 16.5. The second-order valence-corrected chi connectivity index (χ2v) is 4.80. The molecule has 1 atom stereocenters. The molecule has 110 valence electrons. The molecule has 1 rings (SSSR count). The highest BCUT2D eigenvalue weighted by Gasteiger charge is 2.14. The van der Waals surface area contributed by atoms with Gasteiger partial charge in [0.05, 0.1) is 7.11 Å². The molecule has 0 aliphatic heterocycles. The molecule has 0 bridgehead atoms. The molecule has 1 heterocycles. The average Bonchev–Trinajstić information content (AvgIpc) is 2.44. The Hall–Kier alpha value is -2.18. The van der Waals surface area contributed by atoms with Crippen LogP contribution in [0.4, 0.5) is 5.82 Å². The van der Waals surface area contributed by atoms with Crippen molar-refractivity contribution in [3.63, 3.8) is 0 Å². The minimum absolute atomic E-state index is 0.113. The molecule has 7 nitrogen and oxygen atoms in total. The number of hydrogen-bond donors (Lipinski definition) is 2. The van der Waals surface area contributed by atoms with E-state index in [0.29, 0.717) is 18.3 Å². The topological polar surface area (TPSA) is 93.2 Å². The highest BCUT2D eigenvalue weighted by molar-refractivity contribution is 5.87. The lowest BCUT2D eigenvalue weighted by Gasteiger charge is -2.15. The molecule has 0 spiro atoms. The number of esters is 1. The molecule has 0 radical (unpaired) electrons. The van der Waals surface area contributed by atoms with Crippen LogP contribution >= 0.6 is 0 Å². The number of rotatable bonds is 6. The predicted molar refractivity (Wildman–Crippen MR) is 74.3 cm³/mol. The van der Waals surface area contributed by atoms with Gasteiger partial charge in [-0.15, -0.1) is 10.2 Å². The largest absolute Gasteiger partial charge is 0.464 e. The van der Waals surface area contributed by atoms with Crippen LogP contribution in [-0.4, -0.2) is 41.8 Å². The van der Waals surface area contributed by atoms with Gasteiger partial charge in [0.25, 0.3) is 0 Å². The number of nitrogens with zero attached hydrogens (tertiary/aromatic N) is 2. The summed E-state index contributed by atoms with van der Waals surface area (Å²) in [5.41, 5.74) is 0.120. The zero-order chi connectivity index (χ0) is 15.1. The van der Waals surface area contributed by atoms with Crippen molar-refractivity contribution in [2.75, 3.05) is 19.0 Å². The number of methoxy groups -OCH3 is 1. The summed E-state index contributed by atoms with van der Waals surface area (Å²) in [6, 6.07) is 2.62. The maximum absolute atomic E-state index is 11.8. The van der Waals surface area contributed by atoms with Crippen molar-refractivity contribution in [1.29, 1.82) is 0 Å². The van der Waals surface area contributed by atoms with E-state index in [2.05, 4.69) is 25.6 Å². The minimum atomic E-state index is -0.549. The lowest BCUT2D eigenvalue weighted by Crippen LogP contribution is -2.39. The Bertz CT molecular complexity index is 459. The van der Waals surface area contributed by atoms with Crippen molar-refractivity contribution in [1.82, 2.24) is 15.5 Å². The Morgan fingerprint density at radius 1 is 1.25 bits per heavy atom. The molecule has 0 aromatic carbocycles. The normalized spacial score (nSPS) is 11.8. The van der Waals surface area contributed by atoms with Gasteiger partial charge < -0.3 is 15.4 Å². The second kappa shape index (κ2) is 7.42. The predicted octanol–water partition coefficient (Wildman–Crippen LogP) is 0.836. The van der Waals surface area contributed by atoms with Crippen LogP contribution in [0.3, 0.4) is 0 Å². The van der Waals surface area contributed by atoms with E-state index in [9.17, 15) is 9.59 Å². The van der Waals surface area contributed by atoms with Crippen LogP contribution in [0.1, 0.15) is 31.3 Å². The molecule has 1 amide bonds. The van der Waals surface area contributed by atoms with E-state index in [-0.39, 0.29) is 11.6 Å². The fraction of sp³-hybridized carbons (Fsp3) is 0.538. The number of carbonyl (C=O) groups is 2. The molecule has 0 aliphatic carbocycles. The Kier molecular flexibility index (Phi) is 5.89. The first-order chi connectivity index (χ1) is 9.43. The van der Waals surface area contributed by atoms with Gasteiger partial charge in [0.15, 0.2) is 5.69 Å². The fourth-order valence-electron chi connectivity index (χ4n) is 1.37. The van der Waals surface area contributed by atoms with E-state index in [4.69, 9.17) is 0 Å². The van der Waals surface area contributed by atoms with Crippen molar-refractivity contribution in [2.24, 2.45) is 5.92 Å². The van der Waals surface area contributed by atoms with Gasteiger partial charge in [-0.2, -0.15) is 0 Å². The molecule has 1 aromatic rings. The average molecular weight is 280 g/mol. The number of ether oxygens (including phenoxy) is 1. The van der Waals surface area contributed by atoms with E-state index in [1.165, 1.54) is 13.2 Å². The van der Waals surface area contributed by atoms with Crippen LogP contribution in [0.15, 0.2) is 12.1 Å². The monoisotopic (exact) mass is 280 g/mol. The van der Waals surface area contributed by atoms with E-state index in [1.807, 2.05) is 13.8 Å². The SMILES string of the molecule is COC(=O)c1ccc(NC(C)C(=O)NCC(C)C)nn1. The van der Waals surface area contributed by atoms with Crippen molar-refractivity contribution in [3.8, 4) is 0 Å². The van der Waals surface area contributed by atoms with Gasteiger partial charge in [-0.1, -0.05) is 13.8 Å². The first-order valence-electron chi connectivity index (χ1n) is 6.40. The van der Waals surface area contributed by atoms with Crippen molar-refractivity contribution in [3.05, 3.63) is 17.8 Å². The summed E-state index contributed by atoms with van der Waals surface area (Å²) in [4.78, 5) is 23.0. The molecule has 1 aromatic heterocycles. The summed E-state index contributed by atoms with van der Waals surface area (Å²) in [6.45, 7) is 6.40. The lowest BCUT2D eigenvalue weighted by molar-refractivity contribution is -0.121. The van der Waals surface area contributed by atoms with Gasteiger partial charge >= 0.3 is 5.97 Å². The van der Waals surface area contributed by atoms with Crippen molar-refractivity contribution >= 4 is 17.7 Å². The number of anilines is 1. The number of hydrogen-bond acceptors (Lipinski definition) is 6. The number of aromatic nitrogens is 2. The molecule has 2 N–H and O–H groups in total. The quantitative estimate of drug-likeness (QED) is 0.750. The summed E-state index contributed by atoms with van der Waals surface area (Å²) in [5.74, 6) is 0.152. The summed E-state index contributed by atoms with van der Waals surface area (Å²) in [7, 11) is 1.28. The molecule has 0 aliphatic rings. The number of nitrogens with one attached hydrogen (secondary N) is 2. The standard InChI is InChI=1S/C13H20N4O3/c1-8(2)7-14-12(18)9(3)15-11-6-5-10(16-17-11)13(19)20-4/h5-6,8-9H,7H2,1-4H3,(H,14,18)(H,15,17). The van der Waals surface area contributed by atoms with Crippen LogP contribution < -0.4 is 10.6 Å². The van der Waals surface area contributed by atoms with Gasteiger partial charge in [0, 0.05) is 6.54 Å². The Morgan fingerprint density at radius 3 is 2.45 bits per heavy atom. The van der Waals surface area contributed by atoms with Crippen LogP contribution in [0.2, 0.25) is 0 Å². The highest BCUT2D eigenvalue weighted by Crippen LogP contribution is 2.05. The second-order valence-electron chi connectivity index (χ2n) is 4.80. The number of carbonyl (C=O) groups excluding carboxylic acids is 2. The third-order valence-electron chi connectivity index (χ3n) is 2.50. The van der Waals surface area contributed by atoms with E-state index in [0.717, 1.165) is 0 Å². The van der Waals surface area contributed by atoms with Crippen molar-refractivity contribution in [2.45, 2.75) is 26.8 Å². The third kappa shape index (κ3) is 4.83. The Balaban J connectivity index is 2.55. The maximum atomic E-state index is 11.8. The molecule has 7 heteroatoms. The smallest absolute Gasteiger partial charge is 0.358 e. The summed E-state index contributed by atoms with van der Waals surface area (Å²) in [6.07, 6.45) is 0. The molecular formula is C13H20N4O3. The zero-order valence-electron chi connectivity index (χ0n) is 12.1. The van der Waals surface area contributed by atoms with Crippen molar-refractivity contribution < 1.29 is 14.3 Å². The Morgan fingerprint density at radius 2 is 1.95 bits per heavy atom. The summed E-state index contributed by atoms with van der Waals surface area (Å²) in [5, 5.41) is 13.3. The molecular weight excluding hydrogens is 260 g/mol. The minimum Gasteiger partial charge on any atom is -0.464 e. The Labute approximate surface area is 118 Å². The van der Waals surface area contributed by atoms with Gasteiger partial charge in [-0.05, 0) is 25.0 Å². The molecule has 0 saturated carbocycles. The fourth-order valence-corrected chi connectivity index (χ4v) is 1.37. The van der Waals surface area contributed by atoms with E-state index < -0.39 is 12.0 Å². The first-order valence-corrected chi connectivity index (χ1v) is 6.40. The number of amides is 1. The first kappa shape index (κ1) is 15.9. The van der Waals surface area contributed by atoms with Crippen LogP contribution in [0, 0.1) is 5.92 Å². The molecule has 20 heavy (non-hydrogen) atoms. The van der Waals surface area contributed by atoms with Gasteiger partial charge in [0.2, 0.25) is 5.91 Å². The summed E-state index contributed by atoms with van der Waals surface area (Å²) >= 11 is 0. The maximum Gasteiger partial charge on any atom is 0.358 e. The van der Waals surface area contributed by atoms with Gasteiger partial charge in [-0.3, -0.25) is 4.79 Å². The molecule has 0 fully saturated rings. The molecule has 0 saturated heterocycles. The van der Waals surface area contributed by atoms with E-state index in [1.54, 1.807) is 13.0 Å².